The molecule has 0 atom stereocenters. The molecule has 4 nitrogen and oxygen atoms in total. The summed E-state index contributed by atoms with van der Waals surface area (Å²) in [5, 5.41) is 2.59. The van der Waals surface area contributed by atoms with Crippen molar-refractivity contribution in [2.75, 3.05) is 0 Å². The Kier molecular flexibility index (Phi) is 3.17. The van der Waals surface area contributed by atoms with Crippen molar-refractivity contribution >= 4 is 66.8 Å². The number of benzene rings is 3. The molecule has 2 aromatic heterocycles. The third-order valence-corrected chi connectivity index (χ3v) is 5.28. The van der Waals surface area contributed by atoms with Crippen molar-refractivity contribution in [2.24, 2.45) is 0 Å². The number of aromatic nitrogens is 2. The number of para-hydroxylation sites is 1. The molecule has 0 amide bonds. The zero-order valence-corrected chi connectivity index (χ0v) is 14.7. The molecule has 0 saturated heterocycles. The van der Waals surface area contributed by atoms with Crippen molar-refractivity contribution in [1.82, 2.24) is 9.97 Å². The van der Waals surface area contributed by atoms with Crippen LogP contribution in [-0.4, -0.2) is 9.97 Å². The quantitative estimate of drug-likeness (QED) is 0.372. The molecule has 2 heterocycles. The molecule has 3 aromatic carbocycles. The highest BCUT2D eigenvalue weighted by atomic mass is 35.5. The van der Waals surface area contributed by atoms with Gasteiger partial charge in [-0.15, -0.1) is 0 Å². The molecule has 0 spiro atoms. The van der Waals surface area contributed by atoms with Gasteiger partial charge in [0.25, 0.3) is 0 Å². The van der Waals surface area contributed by atoms with E-state index in [4.69, 9.17) is 23.2 Å². The van der Waals surface area contributed by atoms with Crippen LogP contribution in [0.5, 0.6) is 0 Å². The average Bonchev–Trinajstić information content (AvgIpc) is 2.63. The van der Waals surface area contributed by atoms with Crippen molar-refractivity contribution in [1.29, 1.82) is 0 Å². The Bertz CT molecular complexity index is 1500. The van der Waals surface area contributed by atoms with Gasteiger partial charge in [-0.05, 0) is 36.4 Å². The Balaban J connectivity index is 2.08. The van der Waals surface area contributed by atoms with E-state index >= 15 is 0 Å². The van der Waals surface area contributed by atoms with Gasteiger partial charge in [-0.2, -0.15) is 0 Å². The topological polar surface area (TPSA) is 65.7 Å². The Labute approximate surface area is 156 Å². The largest absolute Gasteiger partial charge is 0.354 e. The number of nitrogens with one attached hydrogen (secondary N) is 2. The number of H-pyrrole nitrogens is 2. The minimum absolute atomic E-state index is 0.134. The summed E-state index contributed by atoms with van der Waals surface area (Å²) < 4.78 is 0. The molecule has 0 unspecified atom stereocenters. The lowest BCUT2D eigenvalue weighted by Gasteiger charge is -2.09. The van der Waals surface area contributed by atoms with Gasteiger partial charge in [0.2, 0.25) is 0 Å². The predicted molar refractivity (Wildman–Crippen MR) is 108 cm³/mol. The number of aromatic amines is 2. The standard InChI is InChI=1S/C20H10Cl2N2O2/c21-9-5-6-11-14(7-9)23-15-8-12-18(17(22)16(15)20(11)26)24-13-4-2-1-3-10(13)19(12)25/h1-8H,(H,23,26)(H,24,25). The molecule has 0 bridgehead atoms. The van der Waals surface area contributed by atoms with E-state index in [2.05, 4.69) is 9.97 Å². The average molecular weight is 381 g/mol. The molecule has 126 valence electrons. The third-order valence-electron chi connectivity index (χ3n) is 4.66. The van der Waals surface area contributed by atoms with Gasteiger partial charge in [-0.1, -0.05) is 35.3 Å². The Morgan fingerprint density at radius 1 is 0.692 bits per heavy atom. The van der Waals surface area contributed by atoms with Gasteiger partial charge in [0.05, 0.1) is 27.0 Å². The van der Waals surface area contributed by atoms with Gasteiger partial charge in [0, 0.05) is 26.7 Å². The van der Waals surface area contributed by atoms with Crippen molar-refractivity contribution in [3.63, 3.8) is 0 Å². The Morgan fingerprint density at radius 3 is 2.31 bits per heavy atom. The van der Waals surface area contributed by atoms with Crippen LogP contribution >= 0.6 is 23.2 Å². The maximum absolute atomic E-state index is 13.0. The summed E-state index contributed by atoms with van der Waals surface area (Å²) in [4.78, 5) is 32.2. The lowest BCUT2D eigenvalue weighted by Crippen LogP contribution is -2.09. The molecule has 0 fully saturated rings. The summed E-state index contributed by atoms with van der Waals surface area (Å²) in [6, 6.07) is 13.9. The zero-order chi connectivity index (χ0) is 18.0. The second-order valence-corrected chi connectivity index (χ2v) is 6.99. The maximum Gasteiger partial charge on any atom is 0.198 e. The molecule has 26 heavy (non-hydrogen) atoms. The minimum atomic E-state index is -0.202. The van der Waals surface area contributed by atoms with Crippen molar-refractivity contribution in [3.8, 4) is 0 Å². The van der Waals surface area contributed by atoms with Crippen LogP contribution in [0.4, 0.5) is 0 Å². The minimum Gasteiger partial charge on any atom is -0.354 e. The Hall–Kier alpha value is -2.82. The van der Waals surface area contributed by atoms with E-state index in [1.165, 1.54) is 0 Å². The van der Waals surface area contributed by atoms with Crippen LogP contribution < -0.4 is 10.9 Å². The van der Waals surface area contributed by atoms with Crippen molar-refractivity contribution < 1.29 is 0 Å². The van der Waals surface area contributed by atoms with Crippen LogP contribution in [0.3, 0.4) is 0 Å². The molecule has 0 aliphatic rings. The van der Waals surface area contributed by atoms with Gasteiger partial charge in [-0.25, -0.2) is 0 Å². The molecule has 6 heteroatoms. The van der Waals surface area contributed by atoms with Gasteiger partial charge in [0.1, 0.15) is 0 Å². The highest BCUT2D eigenvalue weighted by Gasteiger charge is 2.15. The van der Waals surface area contributed by atoms with Crippen molar-refractivity contribution in [2.45, 2.75) is 0 Å². The molecule has 0 aliphatic heterocycles. The molecule has 0 aliphatic carbocycles. The first-order valence-corrected chi connectivity index (χ1v) is 8.68. The number of rotatable bonds is 0. The molecule has 0 radical (unpaired) electrons. The molecular formula is C20H10Cl2N2O2. The van der Waals surface area contributed by atoms with E-state index in [1.54, 1.807) is 30.3 Å². The number of hydrogen-bond donors (Lipinski definition) is 2. The lowest BCUT2D eigenvalue weighted by molar-refractivity contribution is 1.46. The second kappa shape index (κ2) is 5.34. The van der Waals surface area contributed by atoms with Crippen molar-refractivity contribution in [3.05, 3.63) is 79.0 Å². The number of hydrogen-bond acceptors (Lipinski definition) is 2. The van der Waals surface area contributed by atoms with E-state index in [0.717, 1.165) is 0 Å². The van der Waals surface area contributed by atoms with Crippen LogP contribution in [0, 0.1) is 0 Å². The summed E-state index contributed by atoms with van der Waals surface area (Å²) in [6.07, 6.45) is 0. The van der Waals surface area contributed by atoms with E-state index in [-0.39, 0.29) is 15.9 Å². The third kappa shape index (κ3) is 2.03. The first-order chi connectivity index (χ1) is 12.5. The second-order valence-electron chi connectivity index (χ2n) is 6.18. The molecule has 5 rings (SSSR count). The summed E-state index contributed by atoms with van der Waals surface area (Å²) in [7, 11) is 0. The summed E-state index contributed by atoms with van der Waals surface area (Å²) >= 11 is 12.6. The molecule has 5 aromatic rings. The fraction of sp³-hybridized carbons (Fsp3) is 0. The van der Waals surface area contributed by atoms with E-state index in [0.29, 0.717) is 48.6 Å². The first kappa shape index (κ1) is 15.4. The van der Waals surface area contributed by atoms with Gasteiger partial charge in [-0.3, -0.25) is 9.59 Å². The number of pyridine rings is 2. The summed E-state index contributed by atoms with van der Waals surface area (Å²) in [5.41, 5.74) is 1.90. The SMILES string of the molecule is O=c1c2ccccc2[nH]c2c(Cl)c3c(=O)c4ccc(Cl)cc4[nH]c3cc12. The van der Waals surface area contributed by atoms with Gasteiger partial charge in [0.15, 0.2) is 10.9 Å². The number of halogens is 2. The molecule has 2 N–H and O–H groups in total. The smallest absolute Gasteiger partial charge is 0.198 e. The highest BCUT2D eigenvalue weighted by Crippen LogP contribution is 2.30. The normalized spacial score (nSPS) is 11.8. The van der Waals surface area contributed by atoms with Crippen LogP contribution in [-0.2, 0) is 0 Å². The fourth-order valence-corrected chi connectivity index (χ4v) is 3.95. The monoisotopic (exact) mass is 380 g/mol. The lowest BCUT2D eigenvalue weighted by atomic mass is 10.1. The summed E-state index contributed by atoms with van der Waals surface area (Å²) in [6.45, 7) is 0. The first-order valence-electron chi connectivity index (χ1n) is 7.93. The number of fused-ring (bicyclic) bond motifs is 4. The van der Waals surface area contributed by atoms with Crippen LogP contribution in [0.25, 0.3) is 43.6 Å². The summed E-state index contributed by atoms with van der Waals surface area (Å²) in [5.74, 6) is 0. The molecule has 0 saturated carbocycles. The van der Waals surface area contributed by atoms with Crippen LogP contribution in [0.1, 0.15) is 0 Å². The predicted octanol–water partition coefficient (Wildman–Crippen LogP) is 4.98. The van der Waals surface area contributed by atoms with Gasteiger partial charge >= 0.3 is 0 Å². The maximum atomic E-state index is 13.0. The fourth-order valence-electron chi connectivity index (χ4n) is 3.44. The highest BCUT2D eigenvalue weighted by molar-refractivity contribution is 6.40. The Morgan fingerprint density at radius 2 is 1.46 bits per heavy atom. The zero-order valence-electron chi connectivity index (χ0n) is 13.2. The van der Waals surface area contributed by atoms with Crippen LogP contribution in [0.2, 0.25) is 10.0 Å². The van der Waals surface area contributed by atoms with E-state index in [9.17, 15) is 9.59 Å². The van der Waals surface area contributed by atoms with Crippen LogP contribution in [0.15, 0.2) is 58.1 Å². The van der Waals surface area contributed by atoms with E-state index in [1.807, 2.05) is 18.2 Å². The van der Waals surface area contributed by atoms with E-state index < -0.39 is 0 Å². The molecular weight excluding hydrogens is 371 g/mol. The van der Waals surface area contributed by atoms with Gasteiger partial charge < -0.3 is 9.97 Å².